The van der Waals surface area contributed by atoms with E-state index < -0.39 is 0 Å². The van der Waals surface area contributed by atoms with Crippen LogP contribution in [0.25, 0.3) is 0 Å². The molecule has 1 saturated carbocycles. The van der Waals surface area contributed by atoms with Crippen LogP contribution < -0.4 is 5.32 Å². The summed E-state index contributed by atoms with van der Waals surface area (Å²) in [5, 5.41) is 12.8. The maximum atomic E-state index is 9.08. The molecule has 1 rings (SSSR count). The smallest absolute Gasteiger partial charge is 0.0448 e. The predicted octanol–water partition coefficient (Wildman–Crippen LogP) is 2.95. The number of nitrogens with one attached hydrogen (secondary N) is 1. The van der Waals surface area contributed by atoms with E-state index in [-0.39, 0.29) is 12.1 Å². The third-order valence-corrected chi connectivity index (χ3v) is 4.52. The van der Waals surface area contributed by atoms with E-state index in [1.54, 1.807) is 0 Å². The number of aliphatic hydroxyl groups excluding tert-OH is 1. The summed E-state index contributed by atoms with van der Waals surface area (Å²) in [4.78, 5) is 0. The van der Waals surface area contributed by atoms with Gasteiger partial charge in [0.1, 0.15) is 0 Å². The lowest BCUT2D eigenvalue weighted by Crippen LogP contribution is -2.46. The highest BCUT2D eigenvalue weighted by molar-refractivity contribution is 4.84. The first-order valence-electron chi connectivity index (χ1n) is 6.97. The van der Waals surface area contributed by atoms with E-state index in [9.17, 15) is 0 Å². The molecule has 0 heterocycles. The molecule has 1 aliphatic rings. The molecule has 2 heteroatoms. The number of aliphatic hydroxyl groups is 1. The Hall–Kier alpha value is -0.0800. The normalized spacial score (nSPS) is 30.0. The van der Waals surface area contributed by atoms with Gasteiger partial charge in [-0.1, -0.05) is 33.1 Å². The van der Waals surface area contributed by atoms with Crippen molar-refractivity contribution in [2.45, 2.75) is 64.8 Å². The molecule has 2 nitrogen and oxygen atoms in total. The molecule has 1 fully saturated rings. The first-order valence-corrected chi connectivity index (χ1v) is 6.97. The van der Waals surface area contributed by atoms with Gasteiger partial charge in [0.05, 0.1) is 0 Å². The van der Waals surface area contributed by atoms with Gasteiger partial charge in [-0.25, -0.2) is 0 Å². The van der Waals surface area contributed by atoms with Gasteiger partial charge in [0.15, 0.2) is 0 Å². The largest absolute Gasteiger partial charge is 0.396 e. The summed E-state index contributed by atoms with van der Waals surface area (Å²) in [5.41, 5.74) is 0.131. The average molecular weight is 227 g/mol. The second-order valence-corrected chi connectivity index (χ2v) is 5.79. The average Bonchev–Trinajstić information content (AvgIpc) is 2.28. The molecule has 1 aliphatic carbocycles. The molecule has 96 valence electrons. The minimum Gasteiger partial charge on any atom is -0.396 e. The molecule has 2 N–H and O–H groups in total. The van der Waals surface area contributed by atoms with Crippen molar-refractivity contribution in [3.8, 4) is 0 Å². The van der Waals surface area contributed by atoms with Gasteiger partial charge in [0, 0.05) is 12.1 Å². The summed E-state index contributed by atoms with van der Waals surface area (Å²) >= 11 is 0. The van der Waals surface area contributed by atoms with Crippen molar-refractivity contribution in [3.63, 3.8) is 0 Å². The Morgan fingerprint density at radius 3 is 2.56 bits per heavy atom. The van der Waals surface area contributed by atoms with Crippen molar-refractivity contribution in [2.24, 2.45) is 11.8 Å². The lowest BCUT2D eigenvalue weighted by atomic mass is 9.80. The zero-order chi connectivity index (χ0) is 12.0. The molecule has 0 aromatic heterocycles. The Kier molecular flexibility index (Phi) is 5.77. The summed E-state index contributed by atoms with van der Waals surface area (Å²) in [6, 6.07) is 0. The Morgan fingerprint density at radius 2 is 2.00 bits per heavy atom. The fraction of sp³-hybridized carbons (Fsp3) is 1.00. The molecule has 3 unspecified atom stereocenters. The molecule has 0 bridgehead atoms. The van der Waals surface area contributed by atoms with E-state index in [4.69, 9.17) is 5.11 Å². The molecular formula is C14H29NO. The number of hydrogen-bond acceptors (Lipinski definition) is 2. The van der Waals surface area contributed by atoms with Gasteiger partial charge >= 0.3 is 0 Å². The predicted molar refractivity (Wildman–Crippen MR) is 69.5 cm³/mol. The van der Waals surface area contributed by atoms with E-state index in [1.807, 2.05) is 0 Å². The van der Waals surface area contributed by atoms with E-state index in [0.717, 1.165) is 31.2 Å². The van der Waals surface area contributed by atoms with E-state index in [0.29, 0.717) is 0 Å². The summed E-state index contributed by atoms with van der Waals surface area (Å²) in [6.45, 7) is 8.24. The summed E-state index contributed by atoms with van der Waals surface area (Å²) in [5.74, 6) is 1.72. The van der Waals surface area contributed by atoms with Gasteiger partial charge in [0.2, 0.25) is 0 Å². The third kappa shape index (κ3) is 4.06. The summed E-state index contributed by atoms with van der Waals surface area (Å²) < 4.78 is 0. The first-order chi connectivity index (χ1) is 7.61. The third-order valence-electron chi connectivity index (χ3n) is 4.52. The van der Waals surface area contributed by atoms with Crippen LogP contribution in [0.2, 0.25) is 0 Å². The highest BCUT2D eigenvalue weighted by Gasteiger charge is 2.25. The zero-order valence-electron chi connectivity index (χ0n) is 11.3. The van der Waals surface area contributed by atoms with Gasteiger partial charge in [-0.3, -0.25) is 0 Å². The lowest BCUT2D eigenvalue weighted by Gasteiger charge is -2.35. The monoisotopic (exact) mass is 227 g/mol. The van der Waals surface area contributed by atoms with Crippen molar-refractivity contribution >= 4 is 0 Å². The molecule has 0 amide bonds. The molecule has 0 spiro atoms. The maximum absolute atomic E-state index is 9.08. The zero-order valence-corrected chi connectivity index (χ0v) is 11.3. The van der Waals surface area contributed by atoms with Crippen LogP contribution in [-0.2, 0) is 0 Å². The van der Waals surface area contributed by atoms with Gasteiger partial charge in [-0.15, -0.1) is 0 Å². The van der Waals surface area contributed by atoms with Crippen LogP contribution in [0.15, 0.2) is 0 Å². The lowest BCUT2D eigenvalue weighted by molar-refractivity contribution is 0.184. The first kappa shape index (κ1) is 14.0. The fourth-order valence-electron chi connectivity index (χ4n) is 2.71. The standard InChI is InChI=1S/C14H29NO/c1-4-14(3,9-10-16)15-11-13-8-6-5-7-12(13)2/h12-13,15-16H,4-11H2,1-3H3. The van der Waals surface area contributed by atoms with E-state index >= 15 is 0 Å². The van der Waals surface area contributed by atoms with Crippen LogP contribution in [0.3, 0.4) is 0 Å². The quantitative estimate of drug-likeness (QED) is 0.731. The second kappa shape index (κ2) is 6.61. The number of hydrogen-bond donors (Lipinski definition) is 2. The minimum absolute atomic E-state index is 0.131. The fourth-order valence-corrected chi connectivity index (χ4v) is 2.71. The van der Waals surface area contributed by atoms with E-state index in [2.05, 4.69) is 26.1 Å². The topological polar surface area (TPSA) is 32.3 Å². The van der Waals surface area contributed by atoms with Crippen LogP contribution >= 0.6 is 0 Å². The van der Waals surface area contributed by atoms with Gasteiger partial charge in [-0.2, -0.15) is 0 Å². The van der Waals surface area contributed by atoms with Crippen molar-refractivity contribution in [3.05, 3.63) is 0 Å². The molecule has 3 atom stereocenters. The molecule has 0 aromatic rings. The van der Waals surface area contributed by atoms with Crippen molar-refractivity contribution < 1.29 is 5.11 Å². The van der Waals surface area contributed by atoms with Gasteiger partial charge < -0.3 is 10.4 Å². The summed E-state index contributed by atoms with van der Waals surface area (Å²) in [6.07, 6.45) is 7.56. The summed E-state index contributed by atoms with van der Waals surface area (Å²) in [7, 11) is 0. The maximum Gasteiger partial charge on any atom is 0.0448 e. The molecular weight excluding hydrogens is 198 g/mol. The molecule has 0 aliphatic heterocycles. The van der Waals surface area contributed by atoms with Crippen LogP contribution in [0, 0.1) is 11.8 Å². The second-order valence-electron chi connectivity index (χ2n) is 5.79. The van der Waals surface area contributed by atoms with E-state index in [1.165, 1.54) is 25.7 Å². The SMILES string of the molecule is CCC(C)(CCO)NCC1CCCCC1C. The number of rotatable bonds is 6. The van der Waals surface area contributed by atoms with Crippen LogP contribution in [0.5, 0.6) is 0 Å². The molecule has 0 saturated heterocycles. The van der Waals surface area contributed by atoms with Crippen molar-refractivity contribution in [2.75, 3.05) is 13.2 Å². The minimum atomic E-state index is 0.131. The van der Waals surface area contributed by atoms with Crippen LogP contribution in [0.4, 0.5) is 0 Å². The van der Waals surface area contributed by atoms with Crippen LogP contribution in [-0.4, -0.2) is 23.8 Å². The highest BCUT2D eigenvalue weighted by Crippen LogP contribution is 2.29. The van der Waals surface area contributed by atoms with Crippen molar-refractivity contribution in [1.29, 1.82) is 0 Å². The Morgan fingerprint density at radius 1 is 1.31 bits per heavy atom. The molecule has 16 heavy (non-hydrogen) atoms. The Bertz CT molecular complexity index is 195. The Labute approximate surface area is 101 Å². The van der Waals surface area contributed by atoms with Gasteiger partial charge in [-0.05, 0) is 44.6 Å². The Balaban J connectivity index is 2.36. The molecule has 0 radical (unpaired) electrons. The van der Waals surface area contributed by atoms with Crippen LogP contribution in [0.1, 0.15) is 59.3 Å². The molecule has 0 aromatic carbocycles. The highest BCUT2D eigenvalue weighted by atomic mass is 16.3. The van der Waals surface area contributed by atoms with Gasteiger partial charge in [0.25, 0.3) is 0 Å². The van der Waals surface area contributed by atoms with Crippen molar-refractivity contribution in [1.82, 2.24) is 5.32 Å².